The van der Waals surface area contributed by atoms with Crippen LogP contribution in [-0.2, 0) is 11.3 Å². The van der Waals surface area contributed by atoms with Crippen molar-refractivity contribution in [2.75, 3.05) is 6.79 Å². The van der Waals surface area contributed by atoms with E-state index in [-0.39, 0.29) is 24.7 Å². The molecule has 1 heterocycles. The van der Waals surface area contributed by atoms with Crippen LogP contribution in [0.2, 0.25) is 0 Å². The zero-order valence-electron chi connectivity index (χ0n) is 10.5. The van der Waals surface area contributed by atoms with Crippen LogP contribution in [-0.4, -0.2) is 17.9 Å². The topological polar surface area (TPSA) is 65.0 Å². The number of rotatable bonds is 3. The highest BCUT2D eigenvalue weighted by Gasteiger charge is 2.15. The molecule has 0 unspecified atom stereocenters. The predicted molar refractivity (Wildman–Crippen MR) is 69.8 cm³/mol. The molecule has 1 aliphatic rings. The van der Waals surface area contributed by atoms with Crippen molar-refractivity contribution in [1.29, 1.82) is 0 Å². The second kappa shape index (κ2) is 5.13. The molecule has 102 valence electrons. The molecule has 3 rings (SSSR count). The molecule has 2 aromatic carbocycles. The number of esters is 1. The highest BCUT2D eigenvalue weighted by Crippen LogP contribution is 2.32. The molecule has 0 bridgehead atoms. The van der Waals surface area contributed by atoms with Crippen LogP contribution < -0.4 is 9.47 Å². The number of hydrogen-bond acceptors (Lipinski definition) is 5. The van der Waals surface area contributed by atoms with E-state index in [0.717, 1.165) is 5.56 Å². The number of para-hydroxylation sites is 1. The first-order valence-electron chi connectivity index (χ1n) is 6.08. The van der Waals surface area contributed by atoms with Crippen LogP contribution in [0, 0.1) is 0 Å². The van der Waals surface area contributed by atoms with E-state index in [1.807, 2.05) is 0 Å². The molecule has 0 spiro atoms. The highest BCUT2D eigenvalue weighted by atomic mass is 16.7. The molecule has 20 heavy (non-hydrogen) atoms. The van der Waals surface area contributed by atoms with Gasteiger partial charge >= 0.3 is 5.97 Å². The Labute approximate surface area is 115 Å². The van der Waals surface area contributed by atoms with E-state index in [2.05, 4.69) is 0 Å². The smallest absolute Gasteiger partial charge is 0.342 e. The average Bonchev–Trinajstić information content (AvgIpc) is 2.92. The van der Waals surface area contributed by atoms with Gasteiger partial charge < -0.3 is 19.3 Å². The summed E-state index contributed by atoms with van der Waals surface area (Å²) < 4.78 is 15.6. The fourth-order valence-electron chi connectivity index (χ4n) is 1.90. The lowest BCUT2D eigenvalue weighted by atomic mass is 10.2. The number of fused-ring (bicyclic) bond motifs is 1. The summed E-state index contributed by atoms with van der Waals surface area (Å²) in [7, 11) is 0. The maximum atomic E-state index is 11.8. The van der Waals surface area contributed by atoms with Gasteiger partial charge in [0.25, 0.3) is 0 Å². The van der Waals surface area contributed by atoms with Gasteiger partial charge in [-0.05, 0) is 29.8 Å². The molecule has 0 amide bonds. The van der Waals surface area contributed by atoms with E-state index in [1.54, 1.807) is 30.3 Å². The van der Waals surface area contributed by atoms with Gasteiger partial charge in [0.05, 0.1) is 0 Å². The number of hydrogen-bond donors (Lipinski definition) is 1. The van der Waals surface area contributed by atoms with Gasteiger partial charge in [-0.25, -0.2) is 4.79 Å². The molecule has 0 saturated heterocycles. The summed E-state index contributed by atoms with van der Waals surface area (Å²) in [5.74, 6) is 0.658. The summed E-state index contributed by atoms with van der Waals surface area (Å²) in [6.45, 7) is 0.306. The summed E-state index contributed by atoms with van der Waals surface area (Å²) in [4.78, 5) is 11.8. The van der Waals surface area contributed by atoms with Crippen LogP contribution in [0.15, 0.2) is 42.5 Å². The van der Waals surface area contributed by atoms with Crippen molar-refractivity contribution in [3.05, 3.63) is 53.6 Å². The van der Waals surface area contributed by atoms with E-state index in [4.69, 9.17) is 14.2 Å². The molecule has 5 heteroatoms. The Kier molecular flexibility index (Phi) is 3.16. The largest absolute Gasteiger partial charge is 0.507 e. The van der Waals surface area contributed by atoms with Crippen molar-refractivity contribution >= 4 is 5.97 Å². The van der Waals surface area contributed by atoms with E-state index < -0.39 is 5.97 Å². The molecule has 0 saturated carbocycles. The number of ether oxygens (including phenoxy) is 3. The Balaban J connectivity index is 1.68. The molecule has 0 radical (unpaired) electrons. The molecule has 0 fully saturated rings. The first-order chi connectivity index (χ1) is 9.74. The molecular weight excluding hydrogens is 260 g/mol. The average molecular weight is 272 g/mol. The number of phenols is 1. The number of carbonyl (C=O) groups is 1. The number of aromatic hydroxyl groups is 1. The lowest BCUT2D eigenvalue weighted by Gasteiger charge is -2.07. The lowest BCUT2D eigenvalue weighted by molar-refractivity contribution is 0.0469. The van der Waals surface area contributed by atoms with Crippen LogP contribution in [0.4, 0.5) is 0 Å². The molecule has 1 N–H and O–H groups in total. The lowest BCUT2D eigenvalue weighted by Crippen LogP contribution is -2.05. The van der Waals surface area contributed by atoms with Gasteiger partial charge in [-0.2, -0.15) is 0 Å². The first-order valence-corrected chi connectivity index (χ1v) is 6.08. The minimum absolute atomic E-state index is 0.0943. The zero-order valence-corrected chi connectivity index (χ0v) is 10.5. The summed E-state index contributed by atoms with van der Waals surface area (Å²) in [6.07, 6.45) is 0. The number of benzene rings is 2. The molecule has 2 aromatic rings. The predicted octanol–water partition coefficient (Wildman–Crippen LogP) is 2.48. The summed E-state index contributed by atoms with van der Waals surface area (Å²) >= 11 is 0. The molecular formula is C15H12O5. The second-order valence-corrected chi connectivity index (χ2v) is 4.28. The standard InChI is InChI=1S/C15H12O5/c16-12-4-2-1-3-11(12)15(17)18-8-10-5-6-13-14(7-10)20-9-19-13/h1-7,16H,8-9H2. The summed E-state index contributed by atoms with van der Waals surface area (Å²) in [6, 6.07) is 11.6. The molecule has 0 aliphatic carbocycles. The van der Waals surface area contributed by atoms with E-state index >= 15 is 0 Å². The third kappa shape index (κ3) is 2.38. The molecule has 5 nitrogen and oxygen atoms in total. The Morgan fingerprint density at radius 2 is 1.95 bits per heavy atom. The quantitative estimate of drug-likeness (QED) is 0.869. The summed E-state index contributed by atoms with van der Waals surface area (Å²) in [5, 5.41) is 9.57. The fraction of sp³-hybridized carbons (Fsp3) is 0.133. The van der Waals surface area contributed by atoms with Gasteiger partial charge in [-0.1, -0.05) is 18.2 Å². The number of phenolic OH excluding ortho intramolecular Hbond substituents is 1. The van der Waals surface area contributed by atoms with Crippen LogP contribution in [0.5, 0.6) is 17.2 Å². The Bertz CT molecular complexity index is 650. The molecule has 0 aromatic heterocycles. The Hall–Kier alpha value is -2.69. The van der Waals surface area contributed by atoms with Crippen LogP contribution in [0.3, 0.4) is 0 Å². The van der Waals surface area contributed by atoms with Crippen molar-refractivity contribution in [2.45, 2.75) is 6.61 Å². The monoisotopic (exact) mass is 272 g/mol. The zero-order chi connectivity index (χ0) is 13.9. The van der Waals surface area contributed by atoms with Gasteiger partial charge in [0.15, 0.2) is 11.5 Å². The SMILES string of the molecule is O=C(OCc1ccc2c(c1)OCO2)c1ccccc1O. The van der Waals surface area contributed by atoms with Gasteiger partial charge in [-0.3, -0.25) is 0 Å². The second-order valence-electron chi connectivity index (χ2n) is 4.28. The van der Waals surface area contributed by atoms with Crippen molar-refractivity contribution in [2.24, 2.45) is 0 Å². The maximum Gasteiger partial charge on any atom is 0.342 e. The highest BCUT2D eigenvalue weighted by molar-refractivity contribution is 5.92. The number of carbonyl (C=O) groups excluding carboxylic acids is 1. The van der Waals surface area contributed by atoms with Crippen LogP contribution in [0.1, 0.15) is 15.9 Å². The maximum absolute atomic E-state index is 11.8. The van der Waals surface area contributed by atoms with Crippen LogP contribution >= 0.6 is 0 Å². The van der Waals surface area contributed by atoms with Crippen molar-refractivity contribution in [1.82, 2.24) is 0 Å². The third-order valence-corrected chi connectivity index (χ3v) is 2.93. The van der Waals surface area contributed by atoms with Gasteiger partial charge in [0.1, 0.15) is 17.9 Å². The Morgan fingerprint density at radius 3 is 2.80 bits per heavy atom. The molecule has 1 aliphatic heterocycles. The summed E-state index contributed by atoms with van der Waals surface area (Å²) in [5.41, 5.74) is 0.936. The van der Waals surface area contributed by atoms with Gasteiger partial charge in [0.2, 0.25) is 6.79 Å². The van der Waals surface area contributed by atoms with E-state index in [9.17, 15) is 9.90 Å². The minimum atomic E-state index is -0.569. The van der Waals surface area contributed by atoms with Crippen molar-refractivity contribution in [3.8, 4) is 17.2 Å². The van der Waals surface area contributed by atoms with Crippen molar-refractivity contribution in [3.63, 3.8) is 0 Å². The minimum Gasteiger partial charge on any atom is -0.507 e. The molecule has 0 atom stereocenters. The van der Waals surface area contributed by atoms with Crippen LogP contribution in [0.25, 0.3) is 0 Å². The normalized spacial score (nSPS) is 12.2. The van der Waals surface area contributed by atoms with E-state index in [0.29, 0.717) is 11.5 Å². The van der Waals surface area contributed by atoms with Gasteiger partial charge in [0, 0.05) is 0 Å². The van der Waals surface area contributed by atoms with Crippen molar-refractivity contribution < 1.29 is 24.1 Å². The van der Waals surface area contributed by atoms with Gasteiger partial charge in [-0.15, -0.1) is 0 Å². The fourth-order valence-corrected chi connectivity index (χ4v) is 1.90. The third-order valence-electron chi connectivity index (χ3n) is 2.93. The first kappa shape index (κ1) is 12.3. The Morgan fingerprint density at radius 1 is 1.15 bits per heavy atom. The van der Waals surface area contributed by atoms with E-state index in [1.165, 1.54) is 12.1 Å².